The molecule has 3 aromatic rings. The fourth-order valence-corrected chi connectivity index (χ4v) is 2.84. The second kappa shape index (κ2) is 15.2. The number of terminal acetylenes is 1. The van der Waals surface area contributed by atoms with Crippen LogP contribution in [0.3, 0.4) is 0 Å². The van der Waals surface area contributed by atoms with Crippen LogP contribution in [0.2, 0.25) is 0 Å². The lowest BCUT2D eigenvalue weighted by Crippen LogP contribution is -2.15. The molecule has 0 radical (unpaired) electrons. The van der Waals surface area contributed by atoms with Crippen molar-refractivity contribution in [3.8, 4) is 12.3 Å². The third-order valence-electron chi connectivity index (χ3n) is 4.11. The molecule has 2 nitrogen and oxygen atoms in total. The Kier molecular flexibility index (Phi) is 12.4. The number of para-hydroxylation sites is 2. The highest BCUT2D eigenvalue weighted by atomic mass is 15.1. The van der Waals surface area contributed by atoms with Gasteiger partial charge in [0.25, 0.3) is 0 Å². The Labute approximate surface area is 189 Å². The summed E-state index contributed by atoms with van der Waals surface area (Å²) in [5, 5.41) is 3.41. The maximum absolute atomic E-state index is 5.41. The van der Waals surface area contributed by atoms with E-state index in [4.69, 9.17) is 6.42 Å². The minimum absolute atomic E-state index is 1.02. The first-order chi connectivity index (χ1) is 15.3. The van der Waals surface area contributed by atoms with Crippen LogP contribution < -0.4 is 10.2 Å². The van der Waals surface area contributed by atoms with Crippen molar-refractivity contribution in [2.45, 2.75) is 34.6 Å². The van der Waals surface area contributed by atoms with Gasteiger partial charge >= 0.3 is 0 Å². The number of rotatable bonds is 6. The zero-order valence-electron chi connectivity index (χ0n) is 19.3. The summed E-state index contributed by atoms with van der Waals surface area (Å²) in [4.78, 5) is 2.18. The molecule has 0 aliphatic carbocycles. The molecule has 1 N–H and O–H groups in total. The summed E-state index contributed by atoms with van der Waals surface area (Å²) < 4.78 is 0. The van der Waals surface area contributed by atoms with Gasteiger partial charge in [-0.05, 0) is 67.6 Å². The predicted molar refractivity (Wildman–Crippen MR) is 139 cm³/mol. The van der Waals surface area contributed by atoms with Crippen molar-refractivity contribution >= 4 is 22.7 Å². The monoisotopic (exact) mass is 410 g/mol. The zero-order valence-corrected chi connectivity index (χ0v) is 19.3. The molecule has 31 heavy (non-hydrogen) atoms. The van der Waals surface area contributed by atoms with Gasteiger partial charge in [0, 0.05) is 28.4 Å². The fourth-order valence-electron chi connectivity index (χ4n) is 2.84. The van der Waals surface area contributed by atoms with Crippen LogP contribution in [0, 0.1) is 12.3 Å². The molecular formula is C29H34N2. The van der Waals surface area contributed by atoms with Crippen LogP contribution >= 0.6 is 0 Å². The first-order valence-electron chi connectivity index (χ1n) is 10.9. The van der Waals surface area contributed by atoms with Crippen molar-refractivity contribution < 1.29 is 0 Å². The highest BCUT2D eigenvalue weighted by Crippen LogP contribution is 2.31. The number of benzene rings is 3. The van der Waals surface area contributed by atoms with Gasteiger partial charge in [0.05, 0.1) is 0 Å². The van der Waals surface area contributed by atoms with Crippen LogP contribution in [0.1, 0.15) is 34.6 Å². The van der Waals surface area contributed by atoms with Crippen molar-refractivity contribution in [1.29, 1.82) is 0 Å². The van der Waals surface area contributed by atoms with Gasteiger partial charge in [-0.2, -0.15) is 0 Å². The van der Waals surface area contributed by atoms with Gasteiger partial charge < -0.3 is 10.2 Å². The van der Waals surface area contributed by atoms with Gasteiger partial charge in [-0.25, -0.2) is 0 Å². The maximum atomic E-state index is 5.41. The lowest BCUT2D eigenvalue weighted by atomic mass is 10.2. The molecule has 2 heteroatoms. The summed E-state index contributed by atoms with van der Waals surface area (Å²) in [6.45, 7) is 10.0. The van der Waals surface area contributed by atoms with Gasteiger partial charge in [-0.1, -0.05) is 76.1 Å². The minimum Gasteiger partial charge on any atom is -0.356 e. The first-order valence-corrected chi connectivity index (χ1v) is 10.9. The summed E-state index contributed by atoms with van der Waals surface area (Å²) in [5.41, 5.74) is 5.27. The SMILES string of the molecule is C#C/C=C\C(=C/C)N(c1ccccc1)c1ccc(Nc2ccccc2)cc1.CC.CC. The van der Waals surface area contributed by atoms with Gasteiger partial charge in [-0.3, -0.25) is 0 Å². The average Bonchev–Trinajstić information content (AvgIpc) is 2.86. The normalized spacial score (nSPS) is 10.1. The van der Waals surface area contributed by atoms with Crippen LogP contribution in [0.4, 0.5) is 22.7 Å². The van der Waals surface area contributed by atoms with Crippen LogP contribution in [0.5, 0.6) is 0 Å². The van der Waals surface area contributed by atoms with Crippen LogP contribution in [0.25, 0.3) is 0 Å². The van der Waals surface area contributed by atoms with E-state index in [1.54, 1.807) is 6.08 Å². The lowest BCUT2D eigenvalue weighted by Gasteiger charge is -2.26. The Bertz CT molecular complexity index is 947. The van der Waals surface area contributed by atoms with Crippen molar-refractivity contribution in [3.63, 3.8) is 0 Å². The number of nitrogens with zero attached hydrogens (tertiary/aromatic N) is 1. The summed E-state index contributed by atoms with van der Waals surface area (Å²) in [6.07, 6.45) is 11.1. The molecule has 0 saturated carbocycles. The smallest absolute Gasteiger partial charge is 0.0462 e. The van der Waals surface area contributed by atoms with E-state index in [2.05, 4.69) is 58.6 Å². The fraction of sp³-hybridized carbons (Fsp3) is 0.172. The van der Waals surface area contributed by atoms with Gasteiger partial charge in [-0.15, -0.1) is 6.42 Å². The minimum atomic E-state index is 1.02. The maximum Gasteiger partial charge on any atom is 0.0462 e. The number of hydrogen-bond donors (Lipinski definition) is 1. The summed E-state index contributed by atoms with van der Waals surface area (Å²) >= 11 is 0. The van der Waals surface area contributed by atoms with Crippen molar-refractivity contribution in [2.24, 2.45) is 0 Å². The molecule has 160 valence electrons. The molecule has 0 atom stereocenters. The molecule has 0 bridgehead atoms. The van der Waals surface area contributed by atoms with E-state index >= 15 is 0 Å². The molecule has 0 spiro atoms. The van der Waals surface area contributed by atoms with Crippen molar-refractivity contribution in [3.05, 3.63) is 109 Å². The molecule has 0 unspecified atom stereocenters. The second-order valence-electron chi connectivity index (χ2n) is 5.92. The number of anilines is 4. The Morgan fingerprint density at radius 1 is 0.742 bits per heavy atom. The molecular weight excluding hydrogens is 376 g/mol. The first kappa shape index (κ1) is 25.3. The summed E-state index contributed by atoms with van der Waals surface area (Å²) in [5.74, 6) is 2.57. The quantitative estimate of drug-likeness (QED) is 0.323. The van der Waals surface area contributed by atoms with Crippen molar-refractivity contribution in [2.75, 3.05) is 10.2 Å². The molecule has 0 aliphatic rings. The third-order valence-corrected chi connectivity index (χ3v) is 4.11. The van der Waals surface area contributed by atoms with E-state index in [0.717, 1.165) is 28.4 Å². The third kappa shape index (κ3) is 7.91. The van der Waals surface area contributed by atoms with E-state index in [1.165, 1.54) is 0 Å². The van der Waals surface area contributed by atoms with E-state index in [-0.39, 0.29) is 0 Å². The highest BCUT2D eigenvalue weighted by molar-refractivity contribution is 5.72. The molecule has 0 heterocycles. The van der Waals surface area contributed by atoms with E-state index in [0.29, 0.717) is 0 Å². The predicted octanol–water partition coefficient (Wildman–Crippen LogP) is 8.71. The molecule has 3 aromatic carbocycles. The van der Waals surface area contributed by atoms with Gasteiger partial charge in [0.1, 0.15) is 0 Å². The molecule has 3 rings (SSSR count). The number of nitrogens with one attached hydrogen (secondary N) is 1. The van der Waals surface area contributed by atoms with E-state index in [9.17, 15) is 0 Å². The summed E-state index contributed by atoms with van der Waals surface area (Å²) in [6, 6.07) is 28.8. The molecule has 0 saturated heterocycles. The standard InChI is InChI=1S/C25H22N2.2C2H6/c1-3-5-14-23(4-2)27(24-15-10-7-11-16-24)25-19-17-22(18-20-25)26-21-12-8-6-9-13-21;2*1-2/h1,4-20,26H,2H3;2*1-2H3/b14-5-,23-4+;;. The average molecular weight is 411 g/mol. The Balaban J connectivity index is 0.00000113. The Morgan fingerprint density at radius 2 is 1.23 bits per heavy atom. The Hall–Kier alpha value is -3.70. The van der Waals surface area contributed by atoms with Crippen molar-refractivity contribution in [1.82, 2.24) is 0 Å². The van der Waals surface area contributed by atoms with Crippen LogP contribution in [-0.2, 0) is 0 Å². The Morgan fingerprint density at radius 3 is 1.74 bits per heavy atom. The molecule has 0 amide bonds. The number of allylic oxidation sites excluding steroid dienone is 3. The van der Waals surface area contributed by atoms with Crippen LogP contribution in [-0.4, -0.2) is 0 Å². The number of hydrogen-bond acceptors (Lipinski definition) is 2. The topological polar surface area (TPSA) is 15.3 Å². The summed E-state index contributed by atoms with van der Waals surface area (Å²) in [7, 11) is 0. The molecule has 0 fully saturated rings. The second-order valence-corrected chi connectivity index (χ2v) is 5.92. The zero-order chi connectivity index (χ0) is 22.9. The van der Waals surface area contributed by atoms with Gasteiger partial charge in [0.2, 0.25) is 0 Å². The lowest BCUT2D eigenvalue weighted by molar-refractivity contribution is 1.20. The van der Waals surface area contributed by atoms with E-state index < -0.39 is 0 Å². The van der Waals surface area contributed by atoms with Gasteiger partial charge in [0.15, 0.2) is 0 Å². The van der Waals surface area contributed by atoms with Crippen LogP contribution in [0.15, 0.2) is 109 Å². The van der Waals surface area contributed by atoms with E-state index in [1.807, 2.05) is 89.2 Å². The molecule has 0 aromatic heterocycles. The largest absolute Gasteiger partial charge is 0.356 e. The highest BCUT2D eigenvalue weighted by Gasteiger charge is 2.12. The molecule has 0 aliphatic heterocycles.